The second-order valence-corrected chi connectivity index (χ2v) is 6.37. The quantitative estimate of drug-likeness (QED) is 0.827. The Morgan fingerprint density at radius 1 is 1.33 bits per heavy atom. The molecule has 1 amide bonds. The number of likely N-dealkylation sites (N-methyl/N-ethyl adjacent to an activating group) is 1. The number of piperazine rings is 1. The number of carbonyl (C=O) groups excluding carboxylic acids is 1. The molecule has 0 bridgehead atoms. The topological polar surface area (TPSA) is 66.3 Å². The molecular weight excluding hydrogens is 268 g/mol. The second-order valence-electron chi connectivity index (χ2n) is 6.37. The molecule has 1 aliphatic rings. The van der Waals surface area contributed by atoms with Crippen LogP contribution in [0.4, 0.5) is 0 Å². The number of carbonyl (C=O) groups is 1. The van der Waals surface area contributed by atoms with Gasteiger partial charge in [-0.15, -0.1) is 0 Å². The fourth-order valence-electron chi connectivity index (χ4n) is 2.51. The number of rotatable bonds is 5. The largest absolute Gasteiger partial charge is 0.352 e. The Balaban J connectivity index is 1.85. The third kappa shape index (κ3) is 4.01. The monoisotopic (exact) mass is 294 g/mol. The Labute approximate surface area is 126 Å². The van der Waals surface area contributed by atoms with Crippen LogP contribution in [-0.2, 0) is 4.79 Å². The molecule has 7 nitrogen and oxygen atoms in total. The SMILES string of the molecule is CC(C(=O)NCC(C)(C)N1CCN(C)CC1)n1cncn1. The van der Waals surface area contributed by atoms with Gasteiger partial charge in [0.25, 0.3) is 0 Å². The van der Waals surface area contributed by atoms with E-state index >= 15 is 0 Å². The number of amides is 1. The zero-order chi connectivity index (χ0) is 15.5. The zero-order valence-corrected chi connectivity index (χ0v) is 13.4. The fraction of sp³-hybridized carbons (Fsp3) is 0.786. The van der Waals surface area contributed by atoms with E-state index in [2.05, 4.69) is 46.1 Å². The van der Waals surface area contributed by atoms with Gasteiger partial charge in [-0.1, -0.05) is 0 Å². The molecule has 0 aromatic carbocycles. The van der Waals surface area contributed by atoms with Crippen molar-refractivity contribution in [2.75, 3.05) is 39.8 Å². The molecule has 21 heavy (non-hydrogen) atoms. The number of nitrogens with zero attached hydrogens (tertiary/aromatic N) is 5. The molecule has 1 aliphatic heterocycles. The van der Waals surface area contributed by atoms with E-state index < -0.39 is 0 Å². The van der Waals surface area contributed by atoms with Crippen molar-refractivity contribution in [1.82, 2.24) is 29.9 Å². The molecule has 1 aromatic heterocycles. The number of hydrogen-bond donors (Lipinski definition) is 1. The highest BCUT2D eigenvalue weighted by molar-refractivity contribution is 5.79. The molecule has 0 radical (unpaired) electrons. The summed E-state index contributed by atoms with van der Waals surface area (Å²) in [5, 5.41) is 7.05. The van der Waals surface area contributed by atoms with E-state index in [0.29, 0.717) is 6.54 Å². The maximum absolute atomic E-state index is 12.2. The third-order valence-corrected chi connectivity index (χ3v) is 4.27. The van der Waals surface area contributed by atoms with E-state index in [9.17, 15) is 4.79 Å². The van der Waals surface area contributed by atoms with Gasteiger partial charge in [-0.3, -0.25) is 9.69 Å². The summed E-state index contributed by atoms with van der Waals surface area (Å²) in [4.78, 5) is 20.8. The summed E-state index contributed by atoms with van der Waals surface area (Å²) in [7, 11) is 2.14. The molecule has 1 fully saturated rings. The van der Waals surface area contributed by atoms with Crippen LogP contribution in [0.2, 0.25) is 0 Å². The van der Waals surface area contributed by atoms with Gasteiger partial charge >= 0.3 is 0 Å². The molecule has 1 saturated heterocycles. The van der Waals surface area contributed by atoms with E-state index in [1.807, 2.05) is 6.92 Å². The van der Waals surface area contributed by atoms with Gasteiger partial charge in [-0.05, 0) is 27.8 Å². The van der Waals surface area contributed by atoms with E-state index in [4.69, 9.17) is 0 Å². The lowest BCUT2D eigenvalue weighted by Gasteiger charge is -2.43. The van der Waals surface area contributed by atoms with Crippen molar-refractivity contribution >= 4 is 5.91 Å². The normalized spacial score (nSPS) is 19.4. The highest BCUT2D eigenvalue weighted by Crippen LogP contribution is 2.16. The Kier molecular flexibility index (Phi) is 4.95. The Bertz CT molecular complexity index is 450. The van der Waals surface area contributed by atoms with E-state index in [1.54, 1.807) is 11.0 Å². The van der Waals surface area contributed by atoms with Crippen molar-refractivity contribution < 1.29 is 4.79 Å². The molecule has 1 N–H and O–H groups in total. The van der Waals surface area contributed by atoms with Gasteiger partial charge in [0.2, 0.25) is 5.91 Å². The lowest BCUT2D eigenvalue weighted by atomic mass is 10.0. The van der Waals surface area contributed by atoms with Crippen molar-refractivity contribution in [1.29, 1.82) is 0 Å². The minimum Gasteiger partial charge on any atom is -0.352 e. The zero-order valence-electron chi connectivity index (χ0n) is 13.4. The summed E-state index contributed by atoms with van der Waals surface area (Å²) in [5.74, 6) is -0.0253. The van der Waals surface area contributed by atoms with Gasteiger partial charge in [0, 0.05) is 38.3 Å². The first-order valence-corrected chi connectivity index (χ1v) is 7.45. The molecule has 2 rings (SSSR count). The summed E-state index contributed by atoms with van der Waals surface area (Å²) in [6, 6.07) is -0.337. The molecule has 2 heterocycles. The number of nitrogens with one attached hydrogen (secondary N) is 1. The van der Waals surface area contributed by atoms with E-state index in [0.717, 1.165) is 26.2 Å². The first-order valence-electron chi connectivity index (χ1n) is 7.45. The van der Waals surface area contributed by atoms with E-state index in [1.165, 1.54) is 6.33 Å². The Morgan fingerprint density at radius 3 is 2.57 bits per heavy atom. The summed E-state index contributed by atoms with van der Waals surface area (Å²) in [6.45, 7) is 11.0. The van der Waals surface area contributed by atoms with Gasteiger partial charge in [0.1, 0.15) is 18.7 Å². The van der Waals surface area contributed by atoms with Crippen molar-refractivity contribution in [2.24, 2.45) is 0 Å². The minimum absolute atomic E-state index is 0.0253. The summed E-state index contributed by atoms with van der Waals surface area (Å²) < 4.78 is 1.57. The van der Waals surface area contributed by atoms with Gasteiger partial charge in [0.05, 0.1) is 0 Å². The lowest BCUT2D eigenvalue weighted by Crippen LogP contribution is -2.58. The van der Waals surface area contributed by atoms with Crippen LogP contribution < -0.4 is 5.32 Å². The van der Waals surface area contributed by atoms with Crippen molar-refractivity contribution in [3.05, 3.63) is 12.7 Å². The maximum atomic E-state index is 12.2. The average molecular weight is 294 g/mol. The Morgan fingerprint density at radius 2 is 2.00 bits per heavy atom. The first-order chi connectivity index (χ1) is 9.90. The number of aromatic nitrogens is 3. The third-order valence-electron chi connectivity index (χ3n) is 4.27. The van der Waals surface area contributed by atoms with Gasteiger partial charge in [-0.25, -0.2) is 9.67 Å². The van der Waals surface area contributed by atoms with Crippen LogP contribution in [0.1, 0.15) is 26.8 Å². The standard InChI is InChI=1S/C14H26N6O/c1-12(20-11-15-10-17-20)13(21)16-9-14(2,3)19-7-5-18(4)6-8-19/h10-12H,5-9H2,1-4H3,(H,16,21). The van der Waals surface area contributed by atoms with Crippen LogP contribution >= 0.6 is 0 Å². The van der Waals surface area contributed by atoms with Crippen LogP contribution in [0.15, 0.2) is 12.7 Å². The van der Waals surface area contributed by atoms with Crippen LogP contribution in [0.3, 0.4) is 0 Å². The lowest BCUT2D eigenvalue weighted by molar-refractivity contribution is -0.124. The predicted molar refractivity (Wildman–Crippen MR) is 80.9 cm³/mol. The molecular formula is C14H26N6O. The average Bonchev–Trinajstić information content (AvgIpc) is 2.98. The fourth-order valence-corrected chi connectivity index (χ4v) is 2.51. The molecule has 1 unspecified atom stereocenters. The highest BCUT2D eigenvalue weighted by Gasteiger charge is 2.30. The first kappa shape index (κ1) is 15.9. The van der Waals surface area contributed by atoms with Crippen LogP contribution in [0.25, 0.3) is 0 Å². The van der Waals surface area contributed by atoms with Gasteiger partial charge in [-0.2, -0.15) is 5.10 Å². The number of hydrogen-bond acceptors (Lipinski definition) is 5. The molecule has 0 aliphatic carbocycles. The van der Waals surface area contributed by atoms with Gasteiger partial charge < -0.3 is 10.2 Å². The second kappa shape index (κ2) is 6.53. The van der Waals surface area contributed by atoms with Crippen molar-refractivity contribution in [3.63, 3.8) is 0 Å². The highest BCUT2D eigenvalue weighted by atomic mass is 16.2. The van der Waals surface area contributed by atoms with E-state index in [-0.39, 0.29) is 17.5 Å². The Hall–Kier alpha value is -1.47. The molecule has 1 aromatic rings. The van der Waals surface area contributed by atoms with Crippen molar-refractivity contribution in [2.45, 2.75) is 32.4 Å². The predicted octanol–water partition coefficient (Wildman–Crippen LogP) is -0.0187. The van der Waals surface area contributed by atoms with Crippen LogP contribution in [0, 0.1) is 0 Å². The molecule has 1 atom stereocenters. The summed E-state index contributed by atoms with van der Waals surface area (Å²) in [6.07, 6.45) is 3.01. The molecule has 7 heteroatoms. The maximum Gasteiger partial charge on any atom is 0.244 e. The summed E-state index contributed by atoms with van der Waals surface area (Å²) in [5.41, 5.74) is -0.0427. The van der Waals surface area contributed by atoms with Crippen LogP contribution in [0.5, 0.6) is 0 Å². The smallest absolute Gasteiger partial charge is 0.244 e. The minimum atomic E-state index is -0.337. The van der Waals surface area contributed by atoms with Gasteiger partial charge in [0.15, 0.2) is 0 Å². The molecule has 118 valence electrons. The molecule has 0 spiro atoms. The summed E-state index contributed by atoms with van der Waals surface area (Å²) >= 11 is 0. The van der Waals surface area contributed by atoms with Crippen molar-refractivity contribution in [3.8, 4) is 0 Å². The molecule has 0 saturated carbocycles. The van der Waals surface area contributed by atoms with Crippen LogP contribution in [-0.4, -0.2) is 75.8 Å².